The molecule has 1 aromatic rings. The van der Waals surface area contributed by atoms with Gasteiger partial charge < -0.3 is 9.47 Å². The first-order valence-electron chi connectivity index (χ1n) is 6.17. The van der Waals surface area contributed by atoms with Gasteiger partial charge in [-0.05, 0) is 25.5 Å². The molecule has 0 aliphatic rings. The zero-order valence-corrected chi connectivity index (χ0v) is 12.6. The van der Waals surface area contributed by atoms with E-state index in [0.29, 0.717) is 23.6 Å². The van der Waals surface area contributed by atoms with Crippen LogP contribution < -0.4 is 14.2 Å². The molecule has 0 amide bonds. The Hall–Kier alpha value is -1.43. The van der Waals surface area contributed by atoms with Gasteiger partial charge in [-0.25, -0.2) is 8.42 Å². The van der Waals surface area contributed by atoms with E-state index >= 15 is 0 Å². The SMILES string of the molecule is CCCCS(=O)(=O)Nc1ccc(OC)c(C)c1OC. The van der Waals surface area contributed by atoms with Crippen LogP contribution in [0.4, 0.5) is 5.69 Å². The molecule has 5 nitrogen and oxygen atoms in total. The van der Waals surface area contributed by atoms with E-state index in [-0.39, 0.29) is 5.75 Å². The lowest BCUT2D eigenvalue weighted by Crippen LogP contribution is -2.17. The minimum Gasteiger partial charge on any atom is -0.496 e. The number of anilines is 1. The number of unbranched alkanes of at least 4 members (excludes halogenated alkanes) is 1. The third-order valence-electron chi connectivity index (χ3n) is 2.81. The van der Waals surface area contributed by atoms with Gasteiger partial charge in [-0.2, -0.15) is 0 Å². The Morgan fingerprint density at radius 2 is 1.89 bits per heavy atom. The van der Waals surface area contributed by atoms with E-state index in [1.807, 2.05) is 13.8 Å². The molecule has 19 heavy (non-hydrogen) atoms. The summed E-state index contributed by atoms with van der Waals surface area (Å²) in [6.07, 6.45) is 1.46. The highest BCUT2D eigenvalue weighted by atomic mass is 32.2. The van der Waals surface area contributed by atoms with Gasteiger partial charge in [-0.3, -0.25) is 4.72 Å². The predicted molar refractivity (Wildman–Crippen MR) is 76.6 cm³/mol. The van der Waals surface area contributed by atoms with E-state index in [0.717, 1.165) is 12.0 Å². The lowest BCUT2D eigenvalue weighted by atomic mass is 10.2. The van der Waals surface area contributed by atoms with E-state index in [1.165, 1.54) is 7.11 Å². The van der Waals surface area contributed by atoms with Gasteiger partial charge in [0.2, 0.25) is 10.0 Å². The summed E-state index contributed by atoms with van der Waals surface area (Å²) in [6.45, 7) is 3.77. The minimum absolute atomic E-state index is 0.109. The molecule has 0 aliphatic heterocycles. The zero-order chi connectivity index (χ0) is 14.5. The van der Waals surface area contributed by atoms with Crippen molar-refractivity contribution in [2.75, 3.05) is 24.7 Å². The van der Waals surface area contributed by atoms with Crippen LogP contribution in [0.5, 0.6) is 11.5 Å². The summed E-state index contributed by atoms with van der Waals surface area (Å²) in [5.74, 6) is 1.25. The summed E-state index contributed by atoms with van der Waals surface area (Å²) >= 11 is 0. The number of hydrogen-bond acceptors (Lipinski definition) is 4. The predicted octanol–water partition coefficient (Wildman–Crippen LogP) is 2.55. The minimum atomic E-state index is -3.34. The first-order chi connectivity index (χ1) is 8.95. The monoisotopic (exact) mass is 287 g/mol. The molecule has 0 bridgehead atoms. The summed E-state index contributed by atoms with van der Waals surface area (Å²) in [5.41, 5.74) is 1.21. The number of ether oxygens (including phenoxy) is 2. The molecule has 0 aromatic heterocycles. The van der Waals surface area contributed by atoms with Gasteiger partial charge in [-0.15, -0.1) is 0 Å². The highest BCUT2D eigenvalue weighted by Gasteiger charge is 2.16. The van der Waals surface area contributed by atoms with Gasteiger partial charge >= 0.3 is 0 Å². The van der Waals surface area contributed by atoms with Crippen molar-refractivity contribution in [1.82, 2.24) is 0 Å². The number of benzene rings is 1. The fourth-order valence-corrected chi connectivity index (χ4v) is 3.06. The van der Waals surface area contributed by atoms with E-state index < -0.39 is 10.0 Å². The smallest absolute Gasteiger partial charge is 0.232 e. The first kappa shape index (κ1) is 15.6. The maximum atomic E-state index is 11.9. The van der Waals surface area contributed by atoms with E-state index in [1.54, 1.807) is 19.2 Å². The van der Waals surface area contributed by atoms with Crippen molar-refractivity contribution in [2.45, 2.75) is 26.7 Å². The average molecular weight is 287 g/mol. The van der Waals surface area contributed by atoms with Crippen LogP contribution in [-0.4, -0.2) is 28.4 Å². The van der Waals surface area contributed by atoms with Crippen LogP contribution in [0.3, 0.4) is 0 Å². The Balaban J connectivity index is 3.05. The Morgan fingerprint density at radius 1 is 1.21 bits per heavy atom. The van der Waals surface area contributed by atoms with Crippen LogP contribution in [0.1, 0.15) is 25.3 Å². The molecule has 1 aromatic carbocycles. The third kappa shape index (κ3) is 4.02. The van der Waals surface area contributed by atoms with Gasteiger partial charge in [0, 0.05) is 5.56 Å². The third-order valence-corrected chi connectivity index (χ3v) is 4.17. The Bertz CT molecular complexity index is 526. The van der Waals surface area contributed by atoms with E-state index in [2.05, 4.69) is 4.72 Å². The summed E-state index contributed by atoms with van der Waals surface area (Å²) in [4.78, 5) is 0. The number of methoxy groups -OCH3 is 2. The van der Waals surface area contributed by atoms with Crippen LogP contribution in [0.25, 0.3) is 0 Å². The number of hydrogen-bond donors (Lipinski definition) is 1. The fourth-order valence-electron chi connectivity index (χ4n) is 1.79. The molecule has 6 heteroatoms. The highest BCUT2D eigenvalue weighted by Crippen LogP contribution is 2.35. The maximum absolute atomic E-state index is 11.9. The quantitative estimate of drug-likeness (QED) is 0.837. The van der Waals surface area contributed by atoms with Gasteiger partial charge in [0.05, 0.1) is 25.7 Å². The topological polar surface area (TPSA) is 64.6 Å². The lowest BCUT2D eigenvalue weighted by Gasteiger charge is -2.15. The molecule has 0 atom stereocenters. The van der Waals surface area contributed by atoms with Crippen LogP contribution in [0.15, 0.2) is 12.1 Å². The molecule has 0 aliphatic carbocycles. The summed E-state index contributed by atoms with van der Waals surface area (Å²) in [6, 6.07) is 3.36. The molecule has 1 N–H and O–H groups in total. The molecular weight excluding hydrogens is 266 g/mol. The fraction of sp³-hybridized carbons (Fsp3) is 0.538. The van der Waals surface area contributed by atoms with Crippen molar-refractivity contribution >= 4 is 15.7 Å². The molecule has 0 fully saturated rings. The largest absolute Gasteiger partial charge is 0.496 e. The molecular formula is C13H21NO4S. The average Bonchev–Trinajstić information content (AvgIpc) is 2.37. The molecule has 0 heterocycles. The number of nitrogens with one attached hydrogen (secondary N) is 1. The van der Waals surface area contributed by atoms with Crippen LogP contribution in [0.2, 0.25) is 0 Å². The van der Waals surface area contributed by atoms with Crippen LogP contribution in [-0.2, 0) is 10.0 Å². The van der Waals surface area contributed by atoms with Crippen molar-refractivity contribution < 1.29 is 17.9 Å². The van der Waals surface area contributed by atoms with Crippen molar-refractivity contribution in [3.05, 3.63) is 17.7 Å². The lowest BCUT2D eigenvalue weighted by molar-refractivity contribution is 0.390. The van der Waals surface area contributed by atoms with Crippen molar-refractivity contribution in [1.29, 1.82) is 0 Å². The molecule has 108 valence electrons. The second-order valence-electron chi connectivity index (χ2n) is 4.25. The van der Waals surface area contributed by atoms with Gasteiger partial charge in [0.25, 0.3) is 0 Å². The van der Waals surface area contributed by atoms with Crippen LogP contribution >= 0.6 is 0 Å². The van der Waals surface area contributed by atoms with E-state index in [9.17, 15) is 8.42 Å². The standard InChI is InChI=1S/C13H21NO4S/c1-5-6-9-19(15,16)14-11-7-8-12(17-3)10(2)13(11)18-4/h7-8,14H,5-6,9H2,1-4H3. The molecule has 0 radical (unpaired) electrons. The normalized spacial score (nSPS) is 11.2. The number of sulfonamides is 1. The molecule has 0 saturated carbocycles. The molecule has 1 rings (SSSR count). The van der Waals surface area contributed by atoms with Gasteiger partial charge in [0.1, 0.15) is 11.5 Å². The zero-order valence-electron chi connectivity index (χ0n) is 11.8. The Morgan fingerprint density at radius 3 is 2.42 bits per heavy atom. The van der Waals surface area contributed by atoms with Crippen molar-refractivity contribution in [2.24, 2.45) is 0 Å². The number of rotatable bonds is 7. The van der Waals surface area contributed by atoms with Crippen molar-refractivity contribution in [3.8, 4) is 11.5 Å². The highest BCUT2D eigenvalue weighted by molar-refractivity contribution is 7.92. The Kier molecular flexibility index (Phi) is 5.47. The second kappa shape index (κ2) is 6.65. The summed E-state index contributed by atoms with van der Waals surface area (Å²) in [5, 5.41) is 0. The van der Waals surface area contributed by atoms with E-state index in [4.69, 9.17) is 9.47 Å². The molecule has 0 saturated heterocycles. The molecule has 0 spiro atoms. The maximum Gasteiger partial charge on any atom is 0.232 e. The Labute approximate surface area is 115 Å². The van der Waals surface area contributed by atoms with Crippen LogP contribution in [0, 0.1) is 6.92 Å². The molecule has 0 unspecified atom stereocenters. The van der Waals surface area contributed by atoms with Gasteiger partial charge in [-0.1, -0.05) is 13.3 Å². The van der Waals surface area contributed by atoms with Gasteiger partial charge in [0.15, 0.2) is 0 Å². The van der Waals surface area contributed by atoms with Crippen molar-refractivity contribution in [3.63, 3.8) is 0 Å². The first-order valence-corrected chi connectivity index (χ1v) is 7.82. The second-order valence-corrected chi connectivity index (χ2v) is 6.09. The summed E-state index contributed by atoms with van der Waals surface area (Å²) in [7, 11) is -0.269. The summed E-state index contributed by atoms with van der Waals surface area (Å²) < 4.78 is 36.8.